The van der Waals surface area contributed by atoms with Crippen molar-refractivity contribution in [2.24, 2.45) is 0 Å². The fourth-order valence-electron chi connectivity index (χ4n) is 1.98. The van der Waals surface area contributed by atoms with Crippen molar-refractivity contribution in [3.05, 3.63) is 58.9 Å². The largest absolute Gasteiger partial charge is 0.387 e. The maximum Gasteiger partial charge on any atom is 0.177 e. The highest BCUT2D eigenvalue weighted by atomic mass is 35.5. The Bertz CT molecular complexity index is 780. The summed E-state index contributed by atoms with van der Waals surface area (Å²) in [6, 6.07) is 10.4. The Morgan fingerprint density at radius 3 is 2.59 bits per heavy atom. The van der Waals surface area contributed by atoms with Crippen LogP contribution in [0.15, 0.2) is 47.4 Å². The summed E-state index contributed by atoms with van der Waals surface area (Å²) in [6.45, 7) is 0.0353. The molecule has 0 aliphatic carbocycles. The van der Waals surface area contributed by atoms with E-state index in [0.29, 0.717) is 11.3 Å². The van der Waals surface area contributed by atoms with Gasteiger partial charge in [-0.15, -0.1) is 0 Å². The number of hydrogen-bond donors (Lipinski definition) is 2. The molecule has 0 radical (unpaired) electrons. The normalized spacial score (nSPS) is 12.9. The lowest BCUT2D eigenvalue weighted by atomic mass is 10.1. The molecule has 0 bridgehead atoms. The van der Waals surface area contributed by atoms with E-state index in [1.165, 1.54) is 18.2 Å². The molecule has 2 aromatic rings. The molecule has 0 aromatic heterocycles. The number of para-hydroxylation sites is 1. The quantitative estimate of drug-likeness (QED) is 0.875. The average Bonchev–Trinajstić information content (AvgIpc) is 2.47. The molecule has 1 atom stereocenters. The Balaban J connectivity index is 2.15. The first-order valence-corrected chi connectivity index (χ1v) is 8.72. The Labute approximate surface area is 133 Å². The number of anilines is 1. The molecule has 0 aliphatic rings. The zero-order chi connectivity index (χ0) is 16.3. The van der Waals surface area contributed by atoms with Gasteiger partial charge in [0.2, 0.25) is 0 Å². The molecular formula is C15H15ClFNO3S. The molecule has 1 unspecified atom stereocenters. The lowest BCUT2D eigenvalue weighted by Crippen LogP contribution is -2.14. The van der Waals surface area contributed by atoms with Crippen LogP contribution < -0.4 is 5.32 Å². The minimum absolute atomic E-state index is 0.0219. The monoisotopic (exact) mass is 343 g/mol. The first kappa shape index (κ1) is 16.7. The summed E-state index contributed by atoms with van der Waals surface area (Å²) < 4.78 is 36.7. The Kier molecular flexibility index (Phi) is 5.05. The Hall–Kier alpha value is -1.63. The van der Waals surface area contributed by atoms with Gasteiger partial charge in [-0.25, -0.2) is 12.8 Å². The molecule has 2 aromatic carbocycles. The predicted octanol–water partition coefficient (Wildman–Crippen LogP) is 3.03. The highest BCUT2D eigenvalue weighted by Crippen LogP contribution is 2.23. The number of hydrogen-bond acceptors (Lipinski definition) is 4. The van der Waals surface area contributed by atoms with Crippen LogP contribution in [0.2, 0.25) is 5.02 Å². The van der Waals surface area contributed by atoms with Crippen molar-refractivity contribution < 1.29 is 17.9 Å². The second-order valence-corrected chi connectivity index (χ2v) is 7.23. The third kappa shape index (κ3) is 3.97. The SMILES string of the molecule is CS(=O)(=O)c1ccccc1NCC(O)c1ccc(Cl)c(F)c1. The van der Waals surface area contributed by atoms with Crippen molar-refractivity contribution in [3.8, 4) is 0 Å². The van der Waals surface area contributed by atoms with Gasteiger partial charge in [-0.3, -0.25) is 0 Å². The molecule has 7 heteroatoms. The van der Waals surface area contributed by atoms with Crippen molar-refractivity contribution in [2.45, 2.75) is 11.0 Å². The molecule has 0 spiro atoms. The number of nitrogens with one attached hydrogen (secondary N) is 1. The molecular weight excluding hydrogens is 329 g/mol. The van der Waals surface area contributed by atoms with Crippen molar-refractivity contribution in [1.29, 1.82) is 0 Å². The predicted molar refractivity (Wildman–Crippen MR) is 84.4 cm³/mol. The van der Waals surface area contributed by atoms with Crippen molar-refractivity contribution in [2.75, 3.05) is 18.1 Å². The summed E-state index contributed by atoms with van der Waals surface area (Å²) in [5, 5.41) is 12.9. The minimum Gasteiger partial charge on any atom is -0.387 e. The molecule has 0 saturated heterocycles. The van der Waals surface area contributed by atoms with E-state index in [-0.39, 0.29) is 16.5 Å². The number of sulfone groups is 1. The van der Waals surface area contributed by atoms with Gasteiger partial charge in [0.15, 0.2) is 9.84 Å². The second kappa shape index (κ2) is 6.64. The van der Waals surface area contributed by atoms with E-state index in [1.54, 1.807) is 18.2 Å². The Morgan fingerprint density at radius 1 is 1.27 bits per heavy atom. The van der Waals surface area contributed by atoms with Gasteiger partial charge < -0.3 is 10.4 Å². The van der Waals surface area contributed by atoms with Crippen molar-refractivity contribution >= 4 is 27.1 Å². The maximum absolute atomic E-state index is 13.4. The van der Waals surface area contributed by atoms with Gasteiger partial charge in [0, 0.05) is 12.8 Å². The van der Waals surface area contributed by atoms with E-state index in [2.05, 4.69) is 5.32 Å². The van der Waals surface area contributed by atoms with E-state index >= 15 is 0 Å². The van der Waals surface area contributed by atoms with Gasteiger partial charge in [0.1, 0.15) is 5.82 Å². The number of aliphatic hydroxyl groups is 1. The highest BCUT2D eigenvalue weighted by molar-refractivity contribution is 7.90. The van der Waals surface area contributed by atoms with Crippen LogP contribution in [0.4, 0.5) is 10.1 Å². The maximum atomic E-state index is 13.4. The lowest BCUT2D eigenvalue weighted by Gasteiger charge is -2.15. The molecule has 0 amide bonds. The molecule has 0 saturated carbocycles. The molecule has 118 valence electrons. The molecule has 2 N–H and O–H groups in total. The first-order valence-electron chi connectivity index (χ1n) is 6.45. The third-order valence-electron chi connectivity index (χ3n) is 3.10. The topological polar surface area (TPSA) is 66.4 Å². The molecule has 0 fully saturated rings. The molecule has 0 heterocycles. The van der Waals surface area contributed by atoms with Crippen LogP contribution in [-0.2, 0) is 9.84 Å². The molecule has 4 nitrogen and oxygen atoms in total. The van der Waals surface area contributed by atoms with Gasteiger partial charge in [0.05, 0.1) is 21.7 Å². The van der Waals surface area contributed by atoms with Gasteiger partial charge in [-0.05, 0) is 29.8 Å². The first-order chi connectivity index (χ1) is 10.3. The van der Waals surface area contributed by atoms with E-state index in [0.717, 1.165) is 12.3 Å². The fourth-order valence-corrected chi connectivity index (χ4v) is 2.96. The van der Waals surface area contributed by atoms with Crippen LogP contribution in [0.3, 0.4) is 0 Å². The van der Waals surface area contributed by atoms with Gasteiger partial charge >= 0.3 is 0 Å². The van der Waals surface area contributed by atoms with Crippen LogP contribution in [0.1, 0.15) is 11.7 Å². The molecule has 2 rings (SSSR count). The zero-order valence-electron chi connectivity index (χ0n) is 11.8. The fraction of sp³-hybridized carbons (Fsp3) is 0.200. The van der Waals surface area contributed by atoms with Crippen LogP contribution in [0.25, 0.3) is 0 Å². The number of halogens is 2. The van der Waals surface area contributed by atoms with Crippen molar-refractivity contribution in [3.63, 3.8) is 0 Å². The third-order valence-corrected chi connectivity index (χ3v) is 4.56. The van der Waals surface area contributed by atoms with Crippen LogP contribution in [-0.4, -0.2) is 26.3 Å². The Morgan fingerprint density at radius 2 is 1.95 bits per heavy atom. The molecule has 22 heavy (non-hydrogen) atoms. The summed E-state index contributed by atoms with van der Waals surface area (Å²) in [6.07, 6.45) is 0.109. The van der Waals surface area contributed by atoms with E-state index in [1.807, 2.05) is 0 Å². The minimum atomic E-state index is -3.38. The van der Waals surface area contributed by atoms with Crippen LogP contribution in [0.5, 0.6) is 0 Å². The summed E-state index contributed by atoms with van der Waals surface area (Å²) in [7, 11) is -3.38. The lowest BCUT2D eigenvalue weighted by molar-refractivity contribution is 0.191. The number of benzene rings is 2. The standard InChI is InChI=1S/C15H15ClFNO3S/c1-22(20,21)15-5-3-2-4-13(15)18-9-14(19)10-6-7-11(16)12(17)8-10/h2-8,14,18-19H,9H2,1H3. The van der Waals surface area contributed by atoms with Gasteiger partial charge in [-0.2, -0.15) is 0 Å². The summed E-state index contributed by atoms with van der Waals surface area (Å²) >= 11 is 5.59. The second-order valence-electron chi connectivity index (χ2n) is 4.84. The van der Waals surface area contributed by atoms with E-state index in [9.17, 15) is 17.9 Å². The zero-order valence-corrected chi connectivity index (χ0v) is 13.3. The van der Waals surface area contributed by atoms with Crippen LogP contribution >= 0.6 is 11.6 Å². The molecule has 0 aliphatic heterocycles. The number of aliphatic hydroxyl groups excluding tert-OH is 1. The number of rotatable bonds is 5. The van der Waals surface area contributed by atoms with Crippen molar-refractivity contribution in [1.82, 2.24) is 0 Å². The van der Waals surface area contributed by atoms with Gasteiger partial charge in [-0.1, -0.05) is 29.8 Å². The summed E-state index contributed by atoms with van der Waals surface area (Å²) in [5.41, 5.74) is 0.740. The smallest absolute Gasteiger partial charge is 0.177 e. The highest BCUT2D eigenvalue weighted by Gasteiger charge is 2.14. The van der Waals surface area contributed by atoms with Gasteiger partial charge in [0.25, 0.3) is 0 Å². The summed E-state index contributed by atoms with van der Waals surface area (Å²) in [5.74, 6) is -0.616. The van der Waals surface area contributed by atoms with E-state index < -0.39 is 21.8 Å². The summed E-state index contributed by atoms with van der Waals surface area (Å²) in [4.78, 5) is 0.143. The van der Waals surface area contributed by atoms with E-state index in [4.69, 9.17) is 11.6 Å². The van der Waals surface area contributed by atoms with Crippen LogP contribution in [0, 0.1) is 5.82 Å². The average molecular weight is 344 g/mol.